The van der Waals surface area contributed by atoms with Gasteiger partial charge in [-0.15, -0.1) is 0 Å². The summed E-state index contributed by atoms with van der Waals surface area (Å²) in [5.41, 5.74) is 2.26. The van der Waals surface area contributed by atoms with Gasteiger partial charge in [0.15, 0.2) is 4.34 Å². The fraction of sp³-hybridized carbons (Fsp3) is 0.280. The van der Waals surface area contributed by atoms with Crippen LogP contribution in [0.15, 0.2) is 58.9 Å². The first-order chi connectivity index (χ1) is 17.0. The van der Waals surface area contributed by atoms with Crippen LogP contribution in [0.25, 0.3) is 11.3 Å². The molecule has 2 heterocycles. The van der Waals surface area contributed by atoms with E-state index in [2.05, 4.69) is 10.6 Å². The third-order valence-electron chi connectivity index (χ3n) is 5.79. The number of hydrogen-bond donors (Lipinski definition) is 2. The summed E-state index contributed by atoms with van der Waals surface area (Å²) in [7, 11) is 0. The number of halogens is 1. The number of rotatable bonds is 8. The van der Waals surface area contributed by atoms with E-state index in [9.17, 15) is 14.4 Å². The minimum atomic E-state index is -0.482. The van der Waals surface area contributed by atoms with Gasteiger partial charge < -0.3 is 15.5 Å². The zero-order valence-electron chi connectivity index (χ0n) is 18.7. The molecule has 35 heavy (non-hydrogen) atoms. The van der Waals surface area contributed by atoms with Crippen LogP contribution in [-0.4, -0.2) is 41.0 Å². The van der Waals surface area contributed by atoms with Gasteiger partial charge >= 0.3 is 0 Å². The fourth-order valence-corrected chi connectivity index (χ4v) is 5.84. The molecule has 180 valence electrons. The molecule has 7 nitrogen and oxygen atoms in total. The summed E-state index contributed by atoms with van der Waals surface area (Å²) in [6.45, 7) is 0.300. The largest absolute Gasteiger partial charge is 0.353 e. The fourth-order valence-electron chi connectivity index (χ4n) is 3.83. The normalized spacial score (nSPS) is 17.5. The van der Waals surface area contributed by atoms with Gasteiger partial charge in [-0.1, -0.05) is 65.0 Å². The van der Waals surface area contributed by atoms with Gasteiger partial charge in [-0.3, -0.25) is 14.4 Å². The van der Waals surface area contributed by atoms with Crippen LogP contribution in [0.1, 0.15) is 19.3 Å². The smallest absolute Gasteiger partial charge is 0.230 e. The van der Waals surface area contributed by atoms with Crippen molar-refractivity contribution in [1.82, 2.24) is 10.3 Å². The van der Waals surface area contributed by atoms with Crippen LogP contribution in [-0.2, 0) is 14.4 Å². The van der Waals surface area contributed by atoms with E-state index in [4.69, 9.17) is 16.6 Å². The lowest BCUT2D eigenvalue weighted by atomic mass is 10.1. The van der Waals surface area contributed by atoms with Crippen molar-refractivity contribution in [2.75, 3.05) is 22.5 Å². The van der Waals surface area contributed by atoms with E-state index in [0.717, 1.165) is 24.1 Å². The molecule has 1 aliphatic heterocycles. The van der Waals surface area contributed by atoms with Gasteiger partial charge in [0.05, 0.1) is 11.7 Å². The number of amides is 3. The van der Waals surface area contributed by atoms with Crippen LogP contribution in [0.4, 0.5) is 10.7 Å². The Balaban J connectivity index is 1.30. The Morgan fingerprint density at radius 1 is 1.11 bits per heavy atom. The van der Waals surface area contributed by atoms with Gasteiger partial charge in [-0.05, 0) is 37.1 Å². The molecule has 1 aromatic heterocycles. The van der Waals surface area contributed by atoms with E-state index in [1.807, 2.05) is 30.3 Å². The van der Waals surface area contributed by atoms with Crippen LogP contribution in [0.2, 0.25) is 5.02 Å². The summed E-state index contributed by atoms with van der Waals surface area (Å²) in [5.74, 6) is -0.536. The molecular weight excluding hydrogens is 504 g/mol. The minimum Gasteiger partial charge on any atom is -0.353 e. The van der Waals surface area contributed by atoms with Gasteiger partial charge in [-0.2, -0.15) is 0 Å². The van der Waals surface area contributed by atoms with E-state index in [1.54, 1.807) is 29.2 Å². The third kappa shape index (κ3) is 5.86. The lowest BCUT2D eigenvalue weighted by Gasteiger charge is -2.16. The SMILES string of the molecule is O=C(CSc1nc(-c2ccccc2)c(NC(=O)C2CC(=O)N(c3ccc(Cl)cc3)C2)s1)NC1CC1. The molecule has 1 atom stereocenters. The number of benzene rings is 2. The molecule has 10 heteroatoms. The Morgan fingerprint density at radius 2 is 1.86 bits per heavy atom. The van der Waals surface area contributed by atoms with Crippen LogP contribution in [0, 0.1) is 5.92 Å². The highest BCUT2D eigenvalue weighted by atomic mass is 35.5. The van der Waals surface area contributed by atoms with Crippen molar-refractivity contribution in [3.8, 4) is 11.3 Å². The number of carbonyl (C=O) groups is 3. The summed E-state index contributed by atoms with van der Waals surface area (Å²) in [4.78, 5) is 44.2. The lowest BCUT2D eigenvalue weighted by molar-refractivity contribution is -0.122. The monoisotopic (exact) mass is 526 g/mol. The highest BCUT2D eigenvalue weighted by Crippen LogP contribution is 2.38. The summed E-state index contributed by atoms with van der Waals surface area (Å²) >= 11 is 8.66. The number of aromatic nitrogens is 1. The second-order valence-corrected chi connectivity index (χ2v) is 11.2. The maximum absolute atomic E-state index is 13.2. The van der Waals surface area contributed by atoms with Crippen molar-refractivity contribution in [3.05, 3.63) is 59.6 Å². The van der Waals surface area contributed by atoms with Crippen LogP contribution in [0.5, 0.6) is 0 Å². The lowest BCUT2D eigenvalue weighted by Crippen LogP contribution is -2.28. The number of nitrogens with one attached hydrogen (secondary N) is 2. The first kappa shape index (κ1) is 23.8. The first-order valence-corrected chi connectivity index (χ1v) is 13.5. The Labute approximate surface area is 216 Å². The van der Waals surface area contributed by atoms with E-state index < -0.39 is 5.92 Å². The number of carbonyl (C=O) groups excluding carboxylic acids is 3. The molecule has 1 saturated heterocycles. The summed E-state index contributed by atoms with van der Waals surface area (Å²) in [5, 5.41) is 7.19. The molecule has 2 aromatic carbocycles. The second-order valence-electron chi connectivity index (χ2n) is 8.53. The molecule has 5 rings (SSSR count). The summed E-state index contributed by atoms with van der Waals surface area (Å²) in [6, 6.07) is 16.9. The maximum Gasteiger partial charge on any atom is 0.230 e. The van der Waals surface area contributed by atoms with E-state index >= 15 is 0 Å². The molecular formula is C25H23ClN4O3S2. The highest BCUT2D eigenvalue weighted by molar-refractivity contribution is 8.01. The van der Waals surface area contributed by atoms with Crippen molar-refractivity contribution in [1.29, 1.82) is 0 Å². The molecule has 0 radical (unpaired) electrons. The molecule has 2 N–H and O–H groups in total. The van der Waals surface area contributed by atoms with E-state index in [0.29, 0.717) is 32.6 Å². The van der Waals surface area contributed by atoms with Crippen molar-refractivity contribution in [2.24, 2.45) is 5.92 Å². The molecule has 0 spiro atoms. The molecule has 3 amide bonds. The van der Waals surface area contributed by atoms with Crippen molar-refractivity contribution in [2.45, 2.75) is 29.6 Å². The van der Waals surface area contributed by atoms with Crippen LogP contribution >= 0.6 is 34.7 Å². The third-order valence-corrected chi connectivity index (χ3v) is 8.16. The topological polar surface area (TPSA) is 91.4 Å². The number of thiazole rings is 1. The quantitative estimate of drug-likeness (QED) is 0.410. The van der Waals surface area contributed by atoms with Crippen molar-refractivity contribution < 1.29 is 14.4 Å². The molecule has 0 bridgehead atoms. The summed E-state index contributed by atoms with van der Waals surface area (Å²) in [6.07, 6.45) is 2.22. The minimum absolute atomic E-state index is 0.00805. The Morgan fingerprint density at radius 3 is 2.57 bits per heavy atom. The molecule has 1 saturated carbocycles. The summed E-state index contributed by atoms with van der Waals surface area (Å²) < 4.78 is 0.704. The van der Waals surface area contributed by atoms with E-state index in [1.165, 1.54) is 23.1 Å². The Hall–Kier alpha value is -2.88. The molecule has 1 aliphatic carbocycles. The zero-order chi connectivity index (χ0) is 24.4. The molecule has 3 aromatic rings. The van der Waals surface area contributed by atoms with Gasteiger partial charge in [0.1, 0.15) is 10.7 Å². The maximum atomic E-state index is 13.2. The van der Waals surface area contributed by atoms with Gasteiger partial charge in [0, 0.05) is 35.3 Å². The first-order valence-electron chi connectivity index (χ1n) is 11.3. The number of hydrogen-bond acceptors (Lipinski definition) is 6. The predicted octanol–water partition coefficient (Wildman–Crippen LogP) is 4.83. The highest BCUT2D eigenvalue weighted by Gasteiger charge is 2.35. The van der Waals surface area contributed by atoms with Crippen LogP contribution in [0.3, 0.4) is 0 Å². The number of anilines is 2. The average Bonchev–Trinajstić information content (AvgIpc) is 3.44. The molecule has 1 unspecified atom stereocenters. The standard InChI is InChI=1S/C25H23ClN4O3S2/c26-17-6-10-19(11-7-17)30-13-16(12-21(30)32)23(33)29-24-22(15-4-2-1-3-5-15)28-25(35-24)34-14-20(31)27-18-8-9-18/h1-7,10-11,16,18H,8-9,12-14H2,(H,27,31)(H,29,33). The zero-order valence-corrected chi connectivity index (χ0v) is 21.1. The van der Waals surface area contributed by atoms with Gasteiger partial charge in [-0.25, -0.2) is 4.98 Å². The Kier molecular flexibility index (Phi) is 7.08. The molecule has 2 aliphatic rings. The average molecular weight is 527 g/mol. The van der Waals surface area contributed by atoms with E-state index in [-0.39, 0.29) is 29.9 Å². The molecule has 2 fully saturated rings. The number of nitrogens with zero attached hydrogens (tertiary/aromatic N) is 2. The van der Waals surface area contributed by atoms with Gasteiger partial charge in [0.2, 0.25) is 17.7 Å². The van der Waals surface area contributed by atoms with Crippen LogP contribution < -0.4 is 15.5 Å². The Bertz CT molecular complexity index is 1250. The predicted molar refractivity (Wildman–Crippen MR) is 140 cm³/mol. The van der Waals surface area contributed by atoms with Gasteiger partial charge in [0.25, 0.3) is 0 Å². The van der Waals surface area contributed by atoms with Crippen molar-refractivity contribution >= 4 is 63.1 Å². The van der Waals surface area contributed by atoms with Crippen molar-refractivity contribution in [3.63, 3.8) is 0 Å². The number of thioether (sulfide) groups is 1. The second kappa shape index (κ2) is 10.4.